The van der Waals surface area contributed by atoms with E-state index in [0.717, 1.165) is 12.8 Å². The van der Waals surface area contributed by atoms with Crippen LogP contribution < -0.4 is 5.32 Å². The van der Waals surface area contributed by atoms with E-state index in [1.807, 2.05) is 25.1 Å². The predicted molar refractivity (Wildman–Crippen MR) is 99.1 cm³/mol. The Balaban J connectivity index is 1.80. The molecule has 1 amide bonds. The lowest BCUT2D eigenvalue weighted by molar-refractivity contribution is -0.129. The topological polar surface area (TPSA) is 72.5 Å². The van der Waals surface area contributed by atoms with E-state index >= 15 is 0 Å². The molecule has 0 bridgehead atoms. The Morgan fingerprint density at radius 1 is 1.04 bits per heavy atom. The maximum absolute atomic E-state index is 12.2. The van der Waals surface area contributed by atoms with Gasteiger partial charge in [-0.3, -0.25) is 9.59 Å². The Hall–Kier alpha value is -2.95. The van der Waals surface area contributed by atoms with Crippen LogP contribution in [-0.4, -0.2) is 30.3 Å². The Bertz CT molecular complexity index is 740. The fourth-order valence-electron chi connectivity index (χ4n) is 2.44. The fourth-order valence-corrected chi connectivity index (χ4v) is 2.44. The molecule has 136 valence electrons. The molecule has 0 aliphatic carbocycles. The second-order valence-electron chi connectivity index (χ2n) is 6.22. The molecular formula is C21H23NO4. The van der Waals surface area contributed by atoms with Crippen LogP contribution in [0.5, 0.6) is 0 Å². The lowest BCUT2D eigenvalue weighted by Gasteiger charge is -2.18. The molecule has 0 fully saturated rings. The smallest absolute Gasteiger partial charge is 0.338 e. The van der Waals surface area contributed by atoms with Crippen molar-refractivity contribution in [3.05, 3.63) is 71.3 Å². The Morgan fingerprint density at radius 3 is 2.31 bits per heavy atom. The molecule has 2 aromatic rings. The normalized spacial score (nSPS) is 12.7. The number of ether oxygens (including phenoxy) is 1. The first-order valence-electron chi connectivity index (χ1n) is 8.60. The van der Waals surface area contributed by atoms with Crippen molar-refractivity contribution < 1.29 is 19.1 Å². The van der Waals surface area contributed by atoms with Gasteiger partial charge in [0.15, 0.2) is 6.10 Å². The first-order valence-corrected chi connectivity index (χ1v) is 8.60. The van der Waals surface area contributed by atoms with Crippen molar-refractivity contribution in [2.24, 2.45) is 0 Å². The van der Waals surface area contributed by atoms with Crippen LogP contribution in [0.2, 0.25) is 0 Å². The summed E-state index contributed by atoms with van der Waals surface area (Å²) in [5.41, 5.74) is 1.99. The first-order chi connectivity index (χ1) is 12.5. The van der Waals surface area contributed by atoms with Crippen LogP contribution >= 0.6 is 0 Å². The number of hydrogen-bond donors (Lipinski definition) is 1. The zero-order valence-corrected chi connectivity index (χ0v) is 15.0. The monoisotopic (exact) mass is 353 g/mol. The minimum atomic E-state index is -0.896. The number of amides is 1. The molecule has 0 saturated carbocycles. The van der Waals surface area contributed by atoms with Gasteiger partial charge in [-0.2, -0.15) is 0 Å². The highest BCUT2D eigenvalue weighted by Crippen LogP contribution is 2.08. The van der Waals surface area contributed by atoms with Gasteiger partial charge >= 0.3 is 5.97 Å². The molecule has 0 radical (unpaired) electrons. The fraction of sp³-hybridized carbons (Fsp3) is 0.286. The van der Waals surface area contributed by atoms with Crippen molar-refractivity contribution in [3.8, 4) is 0 Å². The van der Waals surface area contributed by atoms with Crippen molar-refractivity contribution in [2.45, 2.75) is 38.8 Å². The van der Waals surface area contributed by atoms with Crippen molar-refractivity contribution in [3.63, 3.8) is 0 Å². The van der Waals surface area contributed by atoms with Crippen LogP contribution in [0.1, 0.15) is 46.5 Å². The summed E-state index contributed by atoms with van der Waals surface area (Å²) < 4.78 is 5.20. The Kier molecular flexibility index (Phi) is 7.09. The summed E-state index contributed by atoms with van der Waals surface area (Å²) in [6.45, 7) is 3.46. The van der Waals surface area contributed by atoms with E-state index in [0.29, 0.717) is 17.4 Å². The summed E-state index contributed by atoms with van der Waals surface area (Å²) in [6, 6.07) is 16.1. The molecule has 5 nitrogen and oxygen atoms in total. The molecule has 1 N–H and O–H groups in total. The van der Waals surface area contributed by atoms with E-state index in [1.54, 1.807) is 0 Å². The zero-order valence-electron chi connectivity index (χ0n) is 15.0. The van der Waals surface area contributed by atoms with Crippen molar-refractivity contribution in [2.75, 3.05) is 0 Å². The minimum absolute atomic E-state index is 0.0317. The van der Waals surface area contributed by atoms with Gasteiger partial charge in [0.25, 0.3) is 5.91 Å². The largest absolute Gasteiger partial charge is 0.449 e. The van der Waals surface area contributed by atoms with Gasteiger partial charge < -0.3 is 10.1 Å². The molecule has 0 heterocycles. The minimum Gasteiger partial charge on any atom is -0.449 e. The second kappa shape index (κ2) is 9.51. The molecule has 26 heavy (non-hydrogen) atoms. The standard InChI is InChI=1S/C21H23NO4/c1-15(8-9-17-6-4-3-5-7-17)22-20(24)16(2)26-21(25)19-12-10-18(14-23)11-13-19/h3-7,10-16H,8-9H2,1-2H3,(H,22,24)/t15-,16+/m0/s1. The van der Waals surface area contributed by atoms with E-state index in [2.05, 4.69) is 17.4 Å². The van der Waals surface area contributed by atoms with Gasteiger partial charge in [-0.25, -0.2) is 4.79 Å². The van der Waals surface area contributed by atoms with Crippen LogP contribution in [0.25, 0.3) is 0 Å². The van der Waals surface area contributed by atoms with Crippen molar-refractivity contribution >= 4 is 18.2 Å². The molecule has 0 unspecified atom stereocenters. The number of carbonyl (C=O) groups is 3. The van der Waals surface area contributed by atoms with Crippen molar-refractivity contribution in [1.82, 2.24) is 5.32 Å². The highest BCUT2D eigenvalue weighted by molar-refractivity contribution is 5.92. The zero-order chi connectivity index (χ0) is 18.9. The van der Waals surface area contributed by atoms with Crippen LogP contribution in [0.4, 0.5) is 0 Å². The molecule has 2 rings (SSSR count). The van der Waals surface area contributed by atoms with Gasteiger partial charge in [0, 0.05) is 11.6 Å². The van der Waals surface area contributed by atoms with E-state index < -0.39 is 12.1 Å². The molecule has 5 heteroatoms. The number of aryl methyl sites for hydroxylation is 1. The van der Waals surface area contributed by atoms with E-state index in [-0.39, 0.29) is 11.9 Å². The maximum atomic E-state index is 12.2. The summed E-state index contributed by atoms with van der Waals surface area (Å²) in [4.78, 5) is 34.9. The third kappa shape index (κ3) is 5.84. The van der Waals surface area contributed by atoms with E-state index in [4.69, 9.17) is 4.74 Å². The van der Waals surface area contributed by atoms with Crippen LogP contribution in [-0.2, 0) is 16.0 Å². The molecule has 0 aliphatic rings. The maximum Gasteiger partial charge on any atom is 0.338 e. The highest BCUT2D eigenvalue weighted by atomic mass is 16.5. The number of hydrogen-bond acceptors (Lipinski definition) is 4. The third-order valence-corrected chi connectivity index (χ3v) is 4.03. The summed E-state index contributed by atoms with van der Waals surface area (Å²) >= 11 is 0. The molecule has 0 aliphatic heterocycles. The van der Waals surface area contributed by atoms with E-state index in [1.165, 1.54) is 36.8 Å². The number of esters is 1. The molecule has 0 spiro atoms. The molecular weight excluding hydrogens is 330 g/mol. The SMILES string of the molecule is C[C@@H](CCc1ccccc1)NC(=O)[C@@H](C)OC(=O)c1ccc(C=O)cc1. The van der Waals surface area contributed by atoms with Crippen LogP contribution in [0, 0.1) is 0 Å². The van der Waals surface area contributed by atoms with Crippen molar-refractivity contribution in [1.29, 1.82) is 0 Å². The number of carbonyl (C=O) groups excluding carboxylic acids is 3. The lowest BCUT2D eigenvalue weighted by Crippen LogP contribution is -2.41. The highest BCUT2D eigenvalue weighted by Gasteiger charge is 2.20. The number of aldehydes is 1. The molecule has 0 saturated heterocycles. The van der Waals surface area contributed by atoms with Gasteiger partial charge in [0.05, 0.1) is 5.56 Å². The second-order valence-corrected chi connectivity index (χ2v) is 6.22. The summed E-state index contributed by atoms with van der Waals surface area (Å²) in [5.74, 6) is -0.925. The first kappa shape index (κ1) is 19.4. The third-order valence-electron chi connectivity index (χ3n) is 4.03. The summed E-state index contributed by atoms with van der Waals surface area (Å²) in [6.07, 6.45) is 1.46. The van der Waals surface area contributed by atoms with Gasteiger partial charge in [-0.15, -0.1) is 0 Å². The predicted octanol–water partition coefficient (Wildman–Crippen LogP) is 3.18. The van der Waals surface area contributed by atoms with E-state index in [9.17, 15) is 14.4 Å². The number of rotatable bonds is 8. The van der Waals surface area contributed by atoms with Gasteiger partial charge in [0.2, 0.25) is 0 Å². The summed E-state index contributed by atoms with van der Waals surface area (Å²) in [5, 5.41) is 2.86. The molecule has 2 atom stereocenters. The lowest BCUT2D eigenvalue weighted by atomic mass is 10.1. The Labute approximate surface area is 153 Å². The van der Waals surface area contributed by atoms with Crippen LogP contribution in [0.15, 0.2) is 54.6 Å². The van der Waals surface area contributed by atoms with Crippen LogP contribution in [0.3, 0.4) is 0 Å². The number of nitrogens with one attached hydrogen (secondary N) is 1. The summed E-state index contributed by atoms with van der Waals surface area (Å²) in [7, 11) is 0. The van der Waals surface area contributed by atoms with Gasteiger partial charge in [-0.1, -0.05) is 42.5 Å². The Morgan fingerprint density at radius 2 is 1.69 bits per heavy atom. The average Bonchev–Trinajstić information content (AvgIpc) is 2.67. The number of benzene rings is 2. The molecule has 0 aromatic heterocycles. The quantitative estimate of drug-likeness (QED) is 0.584. The van der Waals surface area contributed by atoms with Gasteiger partial charge in [-0.05, 0) is 44.4 Å². The van der Waals surface area contributed by atoms with Gasteiger partial charge in [0.1, 0.15) is 6.29 Å². The molecule has 2 aromatic carbocycles. The average molecular weight is 353 g/mol.